The van der Waals surface area contributed by atoms with Crippen molar-refractivity contribution in [1.82, 2.24) is 15.0 Å². The summed E-state index contributed by atoms with van der Waals surface area (Å²) in [4.78, 5) is 29.8. The van der Waals surface area contributed by atoms with Gasteiger partial charge in [-0.15, -0.1) is 0 Å². The summed E-state index contributed by atoms with van der Waals surface area (Å²) >= 11 is 6.13. The monoisotopic (exact) mass is 489 g/mol. The summed E-state index contributed by atoms with van der Waals surface area (Å²) in [6.45, 7) is 7.16. The number of hydrogen-bond acceptors (Lipinski definition) is 6. The summed E-state index contributed by atoms with van der Waals surface area (Å²) in [6.07, 6.45) is 1.79. The minimum atomic E-state index is -0.171. The van der Waals surface area contributed by atoms with Gasteiger partial charge in [0.05, 0.1) is 18.9 Å². The molecule has 9 heteroatoms. The molecule has 8 nitrogen and oxygen atoms in total. The number of amides is 2. The number of nitrogens with zero attached hydrogens (tertiary/aromatic N) is 3. The van der Waals surface area contributed by atoms with Gasteiger partial charge in [0, 0.05) is 61.9 Å². The molecule has 0 radical (unpaired) electrons. The van der Waals surface area contributed by atoms with E-state index in [1.54, 1.807) is 12.1 Å². The molecule has 1 aromatic carbocycles. The Morgan fingerprint density at radius 2 is 1.94 bits per heavy atom. The van der Waals surface area contributed by atoms with E-state index in [-0.39, 0.29) is 23.8 Å². The average molecular weight is 490 g/mol. The first-order valence-electron chi connectivity index (χ1n) is 11.9. The Labute approximate surface area is 205 Å². The molecule has 2 atom stereocenters. The lowest BCUT2D eigenvalue weighted by Gasteiger charge is -2.39. The Bertz CT molecular complexity index is 985. The minimum absolute atomic E-state index is 0.0741. The van der Waals surface area contributed by atoms with Crippen LogP contribution in [0.5, 0.6) is 5.75 Å². The predicted octanol–water partition coefficient (Wildman–Crippen LogP) is 3.42. The van der Waals surface area contributed by atoms with Crippen molar-refractivity contribution in [3.63, 3.8) is 0 Å². The molecule has 0 bridgehead atoms. The molecule has 2 amide bonds. The quantitative estimate of drug-likeness (QED) is 0.592. The summed E-state index contributed by atoms with van der Waals surface area (Å²) in [5.74, 6) is 1.49. The number of carbonyl (C=O) groups excluding carboxylic acids is 2. The number of halogens is 1. The van der Waals surface area contributed by atoms with Crippen molar-refractivity contribution in [2.24, 2.45) is 5.92 Å². The van der Waals surface area contributed by atoms with Crippen LogP contribution in [-0.4, -0.2) is 72.3 Å². The van der Waals surface area contributed by atoms with Crippen LogP contribution in [0.4, 0.5) is 0 Å². The number of morpholine rings is 1. The molecule has 2 aromatic rings. The van der Waals surface area contributed by atoms with Gasteiger partial charge in [-0.3, -0.25) is 9.59 Å². The molecule has 2 aliphatic heterocycles. The molecule has 0 spiro atoms. The van der Waals surface area contributed by atoms with Crippen molar-refractivity contribution in [1.29, 1.82) is 0 Å². The highest BCUT2D eigenvalue weighted by atomic mass is 35.5. The molecule has 2 aliphatic rings. The van der Waals surface area contributed by atoms with Crippen LogP contribution in [0.1, 0.15) is 36.3 Å². The van der Waals surface area contributed by atoms with E-state index in [0.717, 1.165) is 17.0 Å². The fourth-order valence-electron chi connectivity index (χ4n) is 4.72. The Hall–Kier alpha value is -2.58. The van der Waals surface area contributed by atoms with E-state index in [4.69, 9.17) is 25.6 Å². The van der Waals surface area contributed by atoms with Gasteiger partial charge in [-0.25, -0.2) is 0 Å². The molecule has 184 valence electrons. The number of rotatable bonds is 7. The number of likely N-dealkylation sites (tertiary alicyclic amines) is 1. The third-order valence-corrected chi connectivity index (χ3v) is 6.91. The van der Waals surface area contributed by atoms with Crippen LogP contribution in [0.25, 0.3) is 0 Å². The minimum Gasteiger partial charge on any atom is -0.490 e. The number of ether oxygens (including phenoxy) is 2. The van der Waals surface area contributed by atoms with E-state index < -0.39 is 0 Å². The molecule has 0 unspecified atom stereocenters. The second-order valence-electron chi connectivity index (χ2n) is 9.00. The fourth-order valence-corrected chi connectivity index (χ4v) is 4.90. The molecule has 0 aliphatic carbocycles. The third-order valence-electron chi connectivity index (χ3n) is 6.67. The molecule has 0 N–H and O–H groups in total. The summed E-state index contributed by atoms with van der Waals surface area (Å²) in [5, 5.41) is 4.58. The van der Waals surface area contributed by atoms with E-state index in [1.165, 1.54) is 0 Å². The van der Waals surface area contributed by atoms with Crippen molar-refractivity contribution in [3.05, 3.63) is 46.3 Å². The van der Waals surface area contributed by atoms with Crippen LogP contribution in [0.2, 0.25) is 5.02 Å². The zero-order chi connectivity index (χ0) is 24.1. The largest absolute Gasteiger partial charge is 0.490 e. The Balaban J connectivity index is 1.42. The van der Waals surface area contributed by atoms with Crippen LogP contribution in [0, 0.1) is 19.8 Å². The van der Waals surface area contributed by atoms with E-state index >= 15 is 0 Å². The van der Waals surface area contributed by atoms with Crippen molar-refractivity contribution in [2.45, 2.75) is 45.6 Å². The second kappa shape index (κ2) is 11.2. The number of aryl methyl sites for hydroxylation is 2. The summed E-state index contributed by atoms with van der Waals surface area (Å²) in [6, 6.07) is 7.30. The van der Waals surface area contributed by atoms with Crippen LogP contribution < -0.4 is 4.74 Å². The van der Waals surface area contributed by atoms with Gasteiger partial charge in [-0.05, 0) is 38.5 Å². The lowest BCUT2D eigenvalue weighted by atomic mass is 9.90. The summed E-state index contributed by atoms with van der Waals surface area (Å²) < 4.78 is 16.9. The first-order chi connectivity index (χ1) is 16.4. The summed E-state index contributed by atoms with van der Waals surface area (Å²) in [5.41, 5.74) is 1.82. The maximum atomic E-state index is 13.1. The zero-order valence-electron chi connectivity index (χ0n) is 19.8. The zero-order valence-corrected chi connectivity index (χ0v) is 20.6. The lowest BCUT2D eigenvalue weighted by Crippen LogP contribution is -2.50. The SMILES string of the molecule is Cc1noc(C)c1CCC(=O)N1CC[C@H](Oc2cccc(Cl)c2)[C@@H](CC(=O)N2CCOCC2)C1. The van der Waals surface area contributed by atoms with Crippen molar-refractivity contribution in [3.8, 4) is 5.75 Å². The molecule has 2 fully saturated rings. The highest BCUT2D eigenvalue weighted by Crippen LogP contribution is 2.28. The first kappa shape index (κ1) is 24.5. The first-order valence-corrected chi connectivity index (χ1v) is 12.3. The maximum absolute atomic E-state index is 13.1. The van der Waals surface area contributed by atoms with Crippen molar-refractivity contribution < 1.29 is 23.6 Å². The number of hydrogen-bond donors (Lipinski definition) is 0. The van der Waals surface area contributed by atoms with Gasteiger partial charge in [-0.1, -0.05) is 22.8 Å². The molecule has 4 rings (SSSR count). The molecule has 2 saturated heterocycles. The van der Waals surface area contributed by atoms with Gasteiger partial charge in [0.2, 0.25) is 11.8 Å². The third kappa shape index (κ3) is 6.10. The number of piperidine rings is 1. The highest BCUT2D eigenvalue weighted by molar-refractivity contribution is 6.30. The van der Waals surface area contributed by atoms with Crippen LogP contribution in [0.15, 0.2) is 28.8 Å². The van der Waals surface area contributed by atoms with Crippen molar-refractivity contribution >= 4 is 23.4 Å². The highest BCUT2D eigenvalue weighted by Gasteiger charge is 2.35. The van der Waals surface area contributed by atoms with E-state index in [0.29, 0.717) is 75.8 Å². The number of aromatic nitrogens is 1. The van der Waals surface area contributed by atoms with Crippen LogP contribution >= 0.6 is 11.6 Å². The second-order valence-corrected chi connectivity index (χ2v) is 9.44. The number of carbonyl (C=O) groups is 2. The van der Waals surface area contributed by atoms with Gasteiger partial charge < -0.3 is 23.8 Å². The topological polar surface area (TPSA) is 85.1 Å². The fraction of sp³-hybridized carbons (Fsp3) is 0.560. The van der Waals surface area contributed by atoms with Gasteiger partial charge in [0.25, 0.3) is 0 Å². The van der Waals surface area contributed by atoms with E-state index in [9.17, 15) is 9.59 Å². The predicted molar refractivity (Wildman–Crippen MR) is 127 cm³/mol. The van der Waals surface area contributed by atoms with E-state index in [2.05, 4.69) is 5.16 Å². The molecule has 3 heterocycles. The van der Waals surface area contributed by atoms with Gasteiger partial charge in [0.15, 0.2) is 0 Å². The van der Waals surface area contributed by atoms with Gasteiger partial charge in [0.1, 0.15) is 17.6 Å². The van der Waals surface area contributed by atoms with E-state index in [1.807, 2.05) is 35.8 Å². The van der Waals surface area contributed by atoms with Crippen LogP contribution in [0.3, 0.4) is 0 Å². The molecule has 34 heavy (non-hydrogen) atoms. The van der Waals surface area contributed by atoms with Gasteiger partial charge >= 0.3 is 0 Å². The van der Waals surface area contributed by atoms with Crippen molar-refractivity contribution in [2.75, 3.05) is 39.4 Å². The lowest BCUT2D eigenvalue weighted by molar-refractivity contribution is -0.141. The Kier molecular flexibility index (Phi) is 8.11. The molecular weight excluding hydrogens is 458 g/mol. The average Bonchev–Trinajstić information content (AvgIpc) is 3.16. The smallest absolute Gasteiger partial charge is 0.223 e. The standard InChI is InChI=1S/C25H32ClN3O5/c1-17-22(18(2)34-27-17)6-7-24(30)29-9-8-23(33-21-5-3-4-20(26)15-21)19(16-29)14-25(31)28-10-12-32-13-11-28/h3-5,15,19,23H,6-14,16H2,1-2H3/t19-,23-/m0/s1. The molecule has 0 saturated carbocycles. The normalized spacial score (nSPS) is 20.9. The summed E-state index contributed by atoms with van der Waals surface area (Å²) in [7, 11) is 0. The molecular formula is C25H32ClN3O5. The maximum Gasteiger partial charge on any atom is 0.223 e. The Morgan fingerprint density at radius 1 is 1.15 bits per heavy atom. The van der Waals surface area contributed by atoms with Crippen LogP contribution in [-0.2, 0) is 20.7 Å². The van der Waals surface area contributed by atoms with Gasteiger partial charge in [-0.2, -0.15) is 0 Å². The number of benzene rings is 1. The Morgan fingerprint density at radius 3 is 2.65 bits per heavy atom. The molecule has 1 aromatic heterocycles.